The molecule has 2 heteroatoms. The summed E-state index contributed by atoms with van der Waals surface area (Å²) in [5.74, 6) is 0. The zero-order valence-electron chi connectivity index (χ0n) is 10.3. The molecule has 0 aromatic carbocycles. The Balaban J connectivity index is 2.07. The quantitative estimate of drug-likeness (QED) is 0.728. The highest BCUT2D eigenvalue weighted by Crippen LogP contribution is 2.47. The molecule has 0 aromatic heterocycles. The van der Waals surface area contributed by atoms with Gasteiger partial charge in [-0.3, -0.25) is 0 Å². The zero-order chi connectivity index (χ0) is 11.1. The monoisotopic (exact) mass is 207 g/mol. The normalized spacial score (nSPS) is 42.5. The molecule has 2 fully saturated rings. The number of nitrogens with zero attached hydrogens (tertiary/aromatic N) is 1. The first-order valence-corrected chi connectivity index (χ1v) is 6.16. The molecule has 1 unspecified atom stereocenters. The van der Waals surface area contributed by atoms with Gasteiger partial charge in [0.2, 0.25) is 0 Å². The van der Waals surface area contributed by atoms with E-state index < -0.39 is 0 Å². The third-order valence-corrected chi connectivity index (χ3v) is 4.23. The van der Waals surface area contributed by atoms with Crippen LogP contribution in [0.2, 0.25) is 0 Å². The molecule has 0 amide bonds. The maximum Gasteiger partial charge on any atom is 0.0905 e. The van der Waals surface area contributed by atoms with E-state index in [0.29, 0.717) is 10.8 Å². The number of hydrogen-bond donors (Lipinski definition) is 1. The van der Waals surface area contributed by atoms with Crippen molar-refractivity contribution < 1.29 is 4.90 Å². The highest BCUT2D eigenvalue weighted by atomic mass is 15.2. The van der Waals surface area contributed by atoms with Crippen LogP contribution < -0.4 is 4.90 Å². The largest absolute Gasteiger partial charge is 0.331 e. The average molecular weight is 207 g/mol. The van der Waals surface area contributed by atoms with E-state index in [1.54, 1.807) is 4.90 Å². The summed E-state index contributed by atoms with van der Waals surface area (Å²) in [6.07, 6.45) is 4.83. The molecule has 2 nitrogen and oxygen atoms in total. The molecule has 1 saturated carbocycles. The van der Waals surface area contributed by atoms with Gasteiger partial charge in [0.15, 0.2) is 0 Å². The van der Waals surface area contributed by atoms with Crippen LogP contribution in [0.15, 0.2) is 0 Å². The maximum absolute atomic E-state index is 8.67. The molecular formula is C13H23N2+. The fraction of sp³-hybridized carbons (Fsp3) is 0.923. The van der Waals surface area contributed by atoms with Gasteiger partial charge in [0.25, 0.3) is 0 Å². The summed E-state index contributed by atoms with van der Waals surface area (Å²) >= 11 is 0. The molecule has 1 aliphatic carbocycles. The van der Waals surface area contributed by atoms with Crippen LogP contribution in [-0.2, 0) is 0 Å². The SMILES string of the molecule is CC1(C)C[C@H]2C[C@](C)(C[NH+]2CCC#N)C1. The number of nitriles is 1. The van der Waals surface area contributed by atoms with E-state index in [0.717, 1.165) is 19.0 Å². The summed E-state index contributed by atoms with van der Waals surface area (Å²) in [6.45, 7) is 9.62. The second-order valence-corrected chi connectivity index (χ2v) is 6.75. The van der Waals surface area contributed by atoms with Crippen molar-refractivity contribution in [3.05, 3.63) is 0 Å². The molecule has 84 valence electrons. The lowest BCUT2D eigenvalue weighted by Crippen LogP contribution is -3.14. The molecule has 0 spiro atoms. The lowest BCUT2D eigenvalue weighted by Gasteiger charge is -2.37. The van der Waals surface area contributed by atoms with Gasteiger partial charge in [0.1, 0.15) is 0 Å². The third-order valence-electron chi connectivity index (χ3n) is 4.23. The van der Waals surface area contributed by atoms with Gasteiger partial charge in [-0.15, -0.1) is 0 Å². The topological polar surface area (TPSA) is 28.2 Å². The van der Waals surface area contributed by atoms with Crippen molar-refractivity contribution in [3.63, 3.8) is 0 Å². The van der Waals surface area contributed by atoms with E-state index in [9.17, 15) is 0 Å². The Labute approximate surface area is 93.3 Å². The number of fused-ring (bicyclic) bond motifs is 2. The van der Waals surface area contributed by atoms with Crippen LogP contribution in [0.1, 0.15) is 46.5 Å². The minimum atomic E-state index is 0.520. The molecule has 2 rings (SSSR count). The maximum atomic E-state index is 8.67. The predicted octanol–water partition coefficient (Wildman–Crippen LogP) is 1.38. The van der Waals surface area contributed by atoms with Gasteiger partial charge < -0.3 is 4.90 Å². The lowest BCUT2D eigenvalue weighted by atomic mass is 9.65. The van der Waals surface area contributed by atoms with E-state index in [1.165, 1.54) is 25.8 Å². The van der Waals surface area contributed by atoms with Crippen LogP contribution >= 0.6 is 0 Å². The number of hydrogen-bond acceptors (Lipinski definition) is 1. The van der Waals surface area contributed by atoms with E-state index in [-0.39, 0.29) is 0 Å². The Morgan fingerprint density at radius 2 is 2.07 bits per heavy atom. The first-order valence-electron chi connectivity index (χ1n) is 6.16. The summed E-state index contributed by atoms with van der Waals surface area (Å²) in [5, 5.41) is 8.67. The number of quaternary nitrogens is 1. The molecule has 2 bridgehead atoms. The van der Waals surface area contributed by atoms with Crippen LogP contribution in [0.5, 0.6) is 0 Å². The zero-order valence-corrected chi connectivity index (χ0v) is 10.3. The Morgan fingerprint density at radius 1 is 1.33 bits per heavy atom. The van der Waals surface area contributed by atoms with Crippen molar-refractivity contribution in [2.24, 2.45) is 10.8 Å². The molecule has 1 heterocycles. The second kappa shape index (κ2) is 3.49. The minimum Gasteiger partial charge on any atom is -0.331 e. The summed E-state index contributed by atoms with van der Waals surface area (Å²) in [6, 6.07) is 3.11. The smallest absolute Gasteiger partial charge is 0.0905 e. The van der Waals surface area contributed by atoms with Crippen molar-refractivity contribution in [1.82, 2.24) is 0 Å². The van der Waals surface area contributed by atoms with Gasteiger partial charge in [0, 0.05) is 18.3 Å². The van der Waals surface area contributed by atoms with Crippen molar-refractivity contribution >= 4 is 0 Å². The van der Waals surface area contributed by atoms with E-state index in [1.807, 2.05) is 0 Å². The van der Waals surface area contributed by atoms with Crippen LogP contribution in [0.4, 0.5) is 0 Å². The summed E-state index contributed by atoms with van der Waals surface area (Å²) in [7, 11) is 0. The molecule has 15 heavy (non-hydrogen) atoms. The standard InChI is InChI=1S/C13H22N2/c1-12(2)7-11-8-13(3,9-12)10-15(11)6-4-5-14/h11H,4,6-10H2,1-3H3/p+1/t11-,13-/m0/s1. The molecule has 2 aliphatic rings. The Morgan fingerprint density at radius 3 is 2.73 bits per heavy atom. The third kappa shape index (κ3) is 2.18. The summed E-state index contributed by atoms with van der Waals surface area (Å²) < 4.78 is 0. The van der Waals surface area contributed by atoms with Gasteiger partial charge in [-0.2, -0.15) is 5.26 Å². The molecule has 1 N–H and O–H groups in total. The van der Waals surface area contributed by atoms with E-state index >= 15 is 0 Å². The van der Waals surface area contributed by atoms with Gasteiger partial charge >= 0.3 is 0 Å². The first-order chi connectivity index (χ1) is 6.94. The van der Waals surface area contributed by atoms with Gasteiger partial charge in [-0.1, -0.05) is 20.8 Å². The highest BCUT2D eigenvalue weighted by molar-refractivity contribution is 4.95. The summed E-state index contributed by atoms with van der Waals surface area (Å²) in [4.78, 5) is 1.70. The Hall–Kier alpha value is -0.550. The molecule has 1 aliphatic heterocycles. The van der Waals surface area contributed by atoms with Crippen molar-refractivity contribution in [1.29, 1.82) is 5.26 Å². The van der Waals surface area contributed by atoms with Crippen LogP contribution in [0, 0.1) is 22.2 Å². The second-order valence-electron chi connectivity index (χ2n) is 6.75. The van der Waals surface area contributed by atoms with Crippen molar-refractivity contribution in [2.75, 3.05) is 13.1 Å². The fourth-order valence-corrected chi connectivity index (χ4v) is 4.26. The minimum absolute atomic E-state index is 0.520. The molecule has 0 aromatic rings. The van der Waals surface area contributed by atoms with Crippen molar-refractivity contribution in [3.8, 4) is 6.07 Å². The molecule has 0 radical (unpaired) electrons. The van der Waals surface area contributed by atoms with Crippen molar-refractivity contribution in [2.45, 2.75) is 52.5 Å². The van der Waals surface area contributed by atoms with Gasteiger partial charge in [-0.25, -0.2) is 0 Å². The summed E-state index contributed by atoms with van der Waals surface area (Å²) in [5.41, 5.74) is 1.07. The molecular weight excluding hydrogens is 184 g/mol. The van der Waals surface area contributed by atoms with Crippen LogP contribution in [0.3, 0.4) is 0 Å². The Kier molecular flexibility index (Phi) is 2.55. The predicted molar refractivity (Wildman–Crippen MR) is 60.5 cm³/mol. The number of nitrogens with one attached hydrogen (secondary N) is 1. The first kappa shape index (κ1) is 11.0. The van der Waals surface area contributed by atoms with Crippen LogP contribution in [0.25, 0.3) is 0 Å². The van der Waals surface area contributed by atoms with E-state index in [4.69, 9.17) is 5.26 Å². The highest BCUT2D eigenvalue weighted by Gasteiger charge is 2.52. The van der Waals surface area contributed by atoms with Gasteiger partial charge in [-0.05, 0) is 11.8 Å². The fourth-order valence-electron chi connectivity index (χ4n) is 4.26. The van der Waals surface area contributed by atoms with E-state index in [2.05, 4.69) is 26.8 Å². The number of likely N-dealkylation sites (tertiary alicyclic amines) is 1. The van der Waals surface area contributed by atoms with Crippen LogP contribution in [-0.4, -0.2) is 19.1 Å². The molecule has 3 atom stereocenters. The van der Waals surface area contributed by atoms with Gasteiger partial charge in [0.05, 0.1) is 31.6 Å². The lowest BCUT2D eigenvalue weighted by molar-refractivity contribution is -0.914. The Bertz CT molecular complexity index is 289. The average Bonchev–Trinajstić information content (AvgIpc) is 2.31. The molecule has 1 saturated heterocycles. The number of rotatable bonds is 2.